The highest BCUT2D eigenvalue weighted by atomic mass is 79.9. The van der Waals surface area contributed by atoms with Gasteiger partial charge in [-0.05, 0) is 31.0 Å². The summed E-state index contributed by atoms with van der Waals surface area (Å²) in [5, 5.41) is 5.59. The average molecular weight is 367 g/mol. The van der Waals surface area contributed by atoms with Gasteiger partial charge in [-0.25, -0.2) is 0 Å². The first kappa shape index (κ1) is 16.1. The Bertz CT molecular complexity index is 519. The molecule has 2 rings (SSSR count). The van der Waals surface area contributed by atoms with Crippen molar-refractivity contribution in [2.75, 3.05) is 11.9 Å². The van der Waals surface area contributed by atoms with Crippen molar-refractivity contribution < 1.29 is 22.7 Å². The number of hydrogen-bond donors (Lipinski definition) is 2. The third-order valence-electron chi connectivity index (χ3n) is 2.81. The van der Waals surface area contributed by atoms with Gasteiger partial charge in [-0.3, -0.25) is 4.79 Å². The van der Waals surface area contributed by atoms with E-state index in [4.69, 9.17) is 0 Å². The molecule has 116 valence electrons. The monoisotopic (exact) mass is 366 g/mol. The number of nitrogens with one attached hydrogen (secondary N) is 2. The number of rotatable bonds is 6. The summed E-state index contributed by atoms with van der Waals surface area (Å²) in [6, 6.07) is 4.53. The number of hydrogen-bond acceptors (Lipinski definition) is 3. The van der Waals surface area contributed by atoms with Gasteiger partial charge < -0.3 is 15.4 Å². The lowest BCUT2D eigenvalue weighted by Gasteiger charge is -2.14. The maximum atomic E-state index is 12.3. The van der Waals surface area contributed by atoms with Gasteiger partial charge in [-0.2, -0.15) is 0 Å². The molecule has 0 unspecified atom stereocenters. The highest BCUT2D eigenvalue weighted by Gasteiger charge is 2.32. The molecule has 1 aromatic carbocycles. The summed E-state index contributed by atoms with van der Waals surface area (Å²) < 4.78 is 41.3. The number of carbonyl (C=O) groups excluding carboxylic acids is 1. The van der Waals surface area contributed by atoms with Crippen LogP contribution in [0.15, 0.2) is 22.7 Å². The maximum Gasteiger partial charge on any atom is 0.573 e. The molecule has 2 N–H and O–H groups in total. The van der Waals surface area contributed by atoms with E-state index >= 15 is 0 Å². The minimum atomic E-state index is -4.81. The van der Waals surface area contributed by atoms with Crippen molar-refractivity contribution >= 4 is 27.5 Å². The second kappa shape index (κ2) is 6.65. The Morgan fingerprint density at radius 3 is 2.71 bits per heavy atom. The van der Waals surface area contributed by atoms with Crippen molar-refractivity contribution in [3.63, 3.8) is 0 Å². The number of carbonyl (C=O) groups is 1. The van der Waals surface area contributed by atoms with Crippen LogP contribution in [-0.2, 0) is 4.79 Å². The zero-order valence-electron chi connectivity index (χ0n) is 11.0. The molecular formula is C13H14BrF3N2O2. The molecule has 1 saturated carbocycles. The summed E-state index contributed by atoms with van der Waals surface area (Å²) in [7, 11) is 0. The molecule has 1 aromatic rings. The second-order valence-corrected chi connectivity index (χ2v) is 5.63. The Kier molecular flexibility index (Phi) is 5.10. The van der Waals surface area contributed by atoms with Gasteiger partial charge in [0.2, 0.25) is 5.91 Å². The van der Waals surface area contributed by atoms with Gasteiger partial charge >= 0.3 is 6.36 Å². The van der Waals surface area contributed by atoms with Crippen molar-refractivity contribution in [2.45, 2.75) is 31.7 Å². The van der Waals surface area contributed by atoms with Gasteiger partial charge in [-0.1, -0.05) is 15.9 Å². The number of halogens is 4. The van der Waals surface area contributed by atoms with Gasteiger partial charge in [0, 0.05) is 23.5 Å². The Hall–Kier alpha value is -1.28. The summed E-state index contributed by atoms with van der Waals surface area (Å²) >= 11 is 3.06. The third kappa shape index (κ3) is 5.92. The van der Waals surface area contributed by atoms with E-state index < -0.39 is 12.1 Å². The number of amides is 1. The van der Waals surface area contributed by atoms with Crippen molar-refractivity contribution in [3.8, 4) is 5.75 Å². The van der Waals surface area contributed by atoms with Crippen LogP contribution in [0, 0.1) is 0 Å². The molecular weight excluding hydrogens is 353 g/mol. The van der Waals surface area contributed by atoms with Crippen LogP contribution in [0.1, 0.15) is 19.3 Å². The Balaban J connectivity index is 1.95. The van der Waals surface area contributed by atoms with Crippen LogP contribution in [0.3, 0.4) is 0 Å². The number of benzene rings is 1. The van der Waals surface area contributed by atoms with Gasteiger partial charge in [0.15, 0.2) is 5.75 Å². The standard InChI is InChI=1S/C13H14BrF3N2O2/c14-8-1-4-10(11(7-8)21-13(15,16)17)19-12(20)5-6-18-9-2-3-9/h1,4,7,9,18H,2-3,5-6H2,(H,19,20). The predicted octanol–water partition coefficient (Wildman–Crippen LogP) is 3.43. The predicted molar refractivity (Wildman–Crippen MR) is 75.1 cm³/mol. The van der Waals surface area contributed by atoms with Crippen molar-refractivity contribution in [1.82, 2.24) is 5.32 Å². The fourth-order valence-electron chi connectivity index (χ4n) is 1.70. The zero-order valence-corrected chi connectivity index (χ0v) is 12.6. The lowest BCUT2D eigenvalue weighted by Crippen LogP contribution is -2.24. The first-order valence-corrected chi connectivity index (χ1v) is 7.21. The first-order chi connectivity index (χ1) is 9.83. The smallest absolute Gasteiger partial charge is 0.404 e. The van der Waals surface area contributed by atoms with Crippen LogP contribution in [0.4, 0.5) is 18.9 Å². The lowest BCUT2D eigenvalue weighted by atomic mass is 10.2. The van der Waals surface area contributed by atoms with Crippen molar-refractivity contribution in [1.29, 1.82) is 0 Å². The topological polar surface area (TPSA) is 50.4 Å². The highest BCUT2D eigenvalue weighted by molar-refractivity contribution is 9.10. The molecule has 21 heavy (non-hydrogen) atoms. The van der Waals surface area contributed by atoms with Crippen LogP contribution in [0.25, 0.3) is 0 Å². The quantitative estimate of drug-likeness (QED) is 0.810. The Labute approximate surface area is 128 Å². The minimum absolute atomic E-state index is 0.00746. The van der Waals surface area contributed by atoms with Crippen molar-refractivity contribution in [3.05, 3.63) is 22.7 Å². The molecule has 1 fully saturated rings. The first-order valence-electron chi connectivity index (χ1n) is 6.42. The van der Waals surface area contributed by atoms with E-state index in [0.29, 0.717) is 17.1 Å². The summed E-state index contributed by atoms with van der Waals surface area (Å²) in [6.45, 7) is 0.502. The van der Waals surface area contributed by atoms with E-state index in [-0.39, 0.29) is 18.0 Å². The normalized spacial score (nSPS) is 14.9. The SMILES string of the molecule is O=C(CCNC1CC1)Nc1ccc(Br)cc1OC(F)(F)F. The van der Waals surface area contributed by atoms with Gasteiger partial charge in [0.1, 0.15) is 0 Å². The van der Waals surface area contributed by atoms with Gasteiger partial charge in [-0.15, -0.1) is 13.2 Å². The molecule has 0 heterocycles. The van der Waals surface area contributed by atoms with Crippen LogP contribution in [0.5, 0.6) is 5.75 Å². The second-order valence-electron chi connectivity index (χ2n) is 4.71. The molecule has 0 aliphatic heterocycles. The Morgan fingerprint density at radius 2 is 2.10 bits per heavy atom. The van der Waals surface area contributed by atoms with E-state index in [1.807, 2.05) is 0 Å². The molecule has 1 aliphatic rings. The summed E-state index contributed by atoms with van der Waals surface area (Å²) in [5.74, 6) is -0.808. The van der Waals surface area contributed by atoms with Gasteiger partial charge in [0.05, 0.1) is 5.69 Å². The summed E-state index contributed by atoms with van der Waals surface area (Å²) in [4.78, 5) is 11.7. The fraction of sp³-hybridized carbons (Fsp3) is 0.462. The van der Waals surface area contributed by atoms with Crippen molar-refractivity contribution in [2.24, 2.45) is 0 Å². The molecule has 0 saturated heterocycles. The molecule has 4 nitrogen and oxygen atoms in total. The van der Waals surface area contributed by atoms with Crippen LogP contribution in [-0.4, -0.2) is 24.9 Å². The van der Waals surface area contributed by atoms with E-state index in [9.17, 15) is 18.0 Å². The number of ether oxygens (including phenoxy) is 1. The Morgan fingerprint density at radius 1 is 1.38 bits per heavy atom. The lowest BCUT2D eigenvalue weighted by molar-refractivity contribution is -0.274. The summed E-state index contributed by atoms with van der Waals surface area (Å²) in [6.07, 6.45) is -2.40. The van der Waals surface area contributed by atoms with Crippen LogP contribution >= 0.6 is 15.9 Å². The largest absolute Gasteiger partial charge is 0.573 e. The minimum Gasteiger partial charge on any atom is -0.404 e. The highest BCUT2D eigenvalue weighted by Crippen LogP contribution is 2.33. The molecule has 0 radical (unpaired) electrons. The van der Waals surface area contributed by atoms with E-state index in [1.54, 1.807) is 0 Å². The van der Waals surface area contributed by atoms with Crippen LogP contribution in [0.2, 0.25) is 0 Å². The molecule has 0 atom stereocenters. The van der Waals surface area contributed by atoms with E-state index in [1.165, 1.54) is 12.1 Å². The molecule has 0 spiro atoms. The zero-order chi connectivity index (χ0) is 15.5. The maximum absolute atomic E-state index is 12.3. The van der Waals surface area contributed by atoms with E-state index in [2.05, 4.69) is 31.3 Å². The molecule has 1 aliphatic carbocycles. The van der Waals surface area contributed by atoms with E-state index in [0.717, 1.165) is 18.9 Å². The molecule has 0 bridgehead atoms. The molecule has 8 heteroatoms. The number of alkyl halides is 3. The molecule has 1 amide bonds. The third-order valence-corrected chi connectivity index (χ3v) is 3.30. The molecule has 0 aromatic heterocycles. The summed E-state index contributed by atoms with van der Waals surface area (Å²) in [5.41, 5.74) is -0.00746. The number of anilines is 1. The fourth-order valence-corrected chi connectivity index (χ4v) is 2.04. The van der Waals surface area contributed by atoms with Crippen LogP contribution < -0.4 is 15.4 Å². The van der Waals surface area contributed by atoms with Gasteiger partial charge in [0.25, 0.3) is 0 Å². The average Bonchev–Trinajstić information content (AvgIpc) is 3.15.